The minimum atomic E-state index is -2.20. The monoisotopic (exact) mass is 403 g/mol. The van der Waals surface area contributed by atoms with Crippen LogP contribution >= 0.6 is 11.6 Å². The molecular formula is C13H11ClFN5O7. The van der Waals surface area contributed by atoms with Gasteiger partial charge in [0.15, 0.2) is 5.82 Å². The molecule has 0 aliphatic heterocycles. The predicted molar refractivity (Wildman–Crippen MR) is 86.2 cm³/mol. The molecule has 2 heterocycles. The van der Waals surface area contributed by atoms with E-state index in [2.05, 4.69) is 9.97 Å². The van der Waals surface area contributed by atoms with E-state index < -0.39 is 51.0 Å². The van der Waals surface area contributed by atoms with Crippen molar-refractivity contribution in [2.75, 3.05) is 17.0 Å². The number of aromatic nitrogens is 2. The number of carboxylic acid groups (broad SMARTS) is 3. The molecule has 12 nitrogen and oxygen atoms in total. The lowest BCUT2D eigenvalue weighted by atomic mass is 10.4. The molecule has 0 bridgehead atoms. The molecule has 2 aromatic rings. The molecule has 2 rings (SSSR count). The summed E-state index contributed by atoms with van der Waals surface area (Å²) in [7, 11) is 1.37. The first-order valence-electron chi connectivity index (χ1n) is 6.89. The van der Waals surface area contributed by atoms with Gasteiger partial charge >= 0.3 is 18.3 Å². The summed E-state index contributed by atoms with van der Waals surface area (Å²) in [6, 6.07) is 3.17. The lowest BCUT2D eigenvalue weighted by Crippen LogP contribution is -2.52. The number of imide groups is 1. The number of hydrazine groups is 1. The zero-order valence-corrected chi connectivity index (χ0v) is 14.2. The molecule has 0 spiro atoms. The topological polar surface area (TPSA) is 161 Å². The summed E-state index contributed by atoms with van der Waals surface area (Å²) in [5.74, 6) is -2.71. The van der Waals surface area contributed by atoms with E-state index in [1.54, 1.807) is 12.1 Å². The lowest BCUT2D eigenvalue weighted by molar-refractivity contribution is 0.112. The largest absolute Gasteiger partial charge is 0.467 e. The highest BCUT2D eigenvalue weighted by molar-refractivity contribution is 6.28. The minimum absolute atomic E-state index is 0.00858. The molecule has 0 radical (unpaired) electrons. The third-order valence-electron chi connectivity index (χ3n) is 3.07. The molecule has 0 aliphatic rings. The standard InChI is InChI=1S/C13H11ClFN5O7/c1-18(5-6-3-2-4-27-6)8-7(15)9(17-10(14)16-8)19(11(21)22)20(12(23)24)13(25)26/h2-4H,5H2,1H3,(H,21,22)(H,23,24)(H,25,26). The van der Waals surface area contributed by atoms with Crippen LogP contribution in [0.15, 0.2) is 22.8 Å². The van der Waals surface area contributed by atoms with E-state index in [-0.39, 0.29) is 6.54 Å². The number of halogens is 2. The van der Waals surface area contributed by atoms with Crippen LogP contribution in [0.4, 0.5) is 30.4 Å². The molecule has 0 atom stereocenters. The van der Waals surface area contributed by atoms with E-state index in [0.29, 0.717) is 5.76 Å². The van der Waals surface area contributed by atoms with E-state index >= 15 is 0 Å². The van der Waals surface area contributed by atoms with E-state index in [1.807, 2.05) is 0 Å². The fraction of sp³-hybridized carbons (Fsp3) is 0.154. The molecule has 3 amide bonds. The van der Waals surface area contributed by atoms with Crippen LogP contribution < -0.4 is 9.91 Å². The van der Waals surface area contributed by atoms with Gasteiger partial charge in [0.25, 0.3) is 0 Å². The third-order valence-corrected chi connectivity index (χ3v) is 3.24. The van der Waals surface area contributed by atoms with Gasteiger partial charge in [0, 0.05) is 7.05 Å². The summed E-state index contributed by atoms with van der Waals surface area (Å²) in [5, 5.41) is 25.4. The first-order valence-corrected chi connectivity index (χ1v) is 7.26. The van der Waals surface area contributed by atoms with E-state index in [0.717, 1.165) is 0 Å². The molecule has 0 saturated heterocycles. The Balaban J connectivity index is 2.55. The maximum Gasteiger partial charge on any atom is 0.437 e. The number of hydrogen-bond donors (Lipinski definition) is 3. The second kappa shape index (κ2) is 7.74. The van der Waals surface area contributed by atoms with Crippen LogP contribution in [0.25, 0.3) is 0 Å². The smallest absolute Gasteiger partial charge is 0.437 e. The molecule has 2 aromatic heterocycles. The highest BCUT2D eigenvalue weighted by Crippen LogP contribution is 2.28. The first kappa shape index (κ1) is 19.7. The number of amides is 3. The van der Waals surface area contributed by atoms with Gasteiger partial charge in [-0.3, -0.25) is 0 Å². The van der Waals surface area contributed by atoms with Crippen molar-refractivity contribution in [2.45, 2.75) is 6.54 Å². The van der Waals surface area contributed by atoms with E-state index in [9.17, 15) is 23.9 Å². The SMILES string of the molecule is CN(Cc1ccco1)c1nc(Cl)nc(N(C(=O)O)N(C(=O)O)C(=O)O)c1F. The zero-order valence-electron chi connectivity index (χ0n) is 13.4. The molecule has 0 saturated carbocycles. The lowest BCUT2D eigenvalue weighted by Gasteiger charge is -2.26. The Morgan fingerprint density at radius 2 is 1.74 bits per heavy atom. The Morgan fingerprint density at radius 3 is 2.22 bits per heavy atom. The van der Waals surface area contributed by atoms with Crippen molar-refractivity contribution in [1.29, 1.82) is 0 Å². The fourth-order valence-corrected chi connectivity index (χ4v) is 2.19. The van der Waals surface area contributed by atoms with Crippen molar-refractivity contribution >= 4 is 41.5 Å². The first-order chi connectivity index (χ1) is 12.6. The van der Waals surface area contributed by atoms with Gasteiger partial charge in [0.2, 0.25) is 16.9 Å². The molecule has 0 aliphatic carbocycles. The van der Waals surface area contributed by atoms with Crippen LogP contribution in [0.1, 0.15) is 5.76 Å². The molecule has 0 aromatic carbocycles. The molecule has 27 heavy (non-hydrogen) atoms. The van der Waals surface area contributed by atoms with Gasteiger partial charge in [-0.05, 0) is 23.7 Å². The number of hydrogen-bond acceptors (Lipinski definition) is 7. The minimum Gasteiger partial charge on any atom is -0.467 e. The molecule has 0 fully saturated rings. The Morgan fingerprint density at radius 1 is 1.15 bits per heavy atom. The van der Waals surface area contributed by atoms with E-state index in [4.69, 9.17) is 26.2 Å². The van der Waals surface area contributed by atoms with Crippen molar-refractivity contribution in [2.24, 2.45) is 0 Å². The molecule has 3 N–H and O–H groups in total. The van der Waals surface area contributed by atoms with Gasteiger partial charge in [-0.15, -0.1) is 10.0 Å². The van der Waals surface area contributed by atoms with Crippen molar-refractivity contribution in [1.82, 2.24) is 15.0 Å². The van der Waals surface area contributed by atoms with E-state index in [1.165, 1.54) is 18.2 Å². The van der Waals surface area contributed by atoms with Gasteiger partial charge in [0.05, 0.1) is 12.8 Å². The van der Waals surface area contributed by atoms with Crippen molar-refractivity contribution in [3.05, 3.63) is 35.3 Å². The Labute approximate surface area is 154 Å². The van der Waals surface area contributed by atoms with Crippen molar-refractivity contribution in [3.63, 3.8) is 0 Å². The zero-order chi connectivity index (χ0) is 20.3. The maximum absolute atomic E-state index is 14.9. The fourth-order valence-electron chi connectivity index (χ4n) is 2.03. The van der Waals surface area contributed by atoms with Crippen LogP contribution in [0.3, 0.4) is 0 Å². The Bertz CT molecular complexity index is 864. The Kier molecular flexibility index (Phi) is 5.65. The summed E-state index contributed by atoms with van der Waals surface area (Å²) in [4.78, 5) is 41.8. The van der Waals surface area contributed by atoms with Crippen LogP contribution in [-0.2, 0) is 6.54 Å². The second-order valence-electron chi connectivity index (χ2n) is 4.86. The van der Waals surface area contributed by atoms with Crippen LogP contribution in [-0.4, -0.2) is 55.6 Å². The summed E-state index contributed by atoms with van der Waals surface area (Å²) in [6.45, 7) is -0.00858. The summed E-state index contributed by atoms with van der Waals surface area (Å²) in [5.41, 5.74) is 0. The highest BCUT2D eigenvalue weighted by atomic mass is 35.5. The van der Waals surface area contributed by atoms with Gasteiger partial charge in [-0.1, -0.05) is 0 Å². The average Bonchev–Trinajstić information content (AvgIpc) is 3.06. The molecular weight excluding hydrogens is 393 g/mol. The van der Waals surface area contributed by atoms with Gasteiger partial charge in [0.1, 0.15) is 5.76 Å². The quantitative estimate of drug-likeness (QED) is 0.511. The average molecular weight is 404 g/mol. The normalized spacial score (nSPS) is 10.3. The maximum atomic E-state index is 14.9. The number of furan rings is 1. The molecule has 14 heteroatoms. The van der Waals surface area contributed by atoms with Crippen molar-refractivity contribution in [3.8, 4) is 0 Å². The van der Waals surface area contributed by atoms with Crippen molar-refractivity contribution < 1.29 is 38.5 Å². The Hall–Kier alpha value is -3.61. The van der Waals surface area contributed by atoms with Gasteiger partial charge in [-0.2, -0.15) is 14.4 Å². The molecule has 0 unspecified atom stereocenters. The summed E-state index contributed by atoms with van der Waals surface area (Å²) < 4.78 is 20.0. The van der Waals surface area contributed by atoms with Crippen LogP contribution in [0.5, 0.6) is 0 Å². The van der Waals surface area contributed by atoms with Gasteiger partial charge < -0.3 is 24.6 Å². The summed E-state index contributed by atoms with van der Waals surface area (Å²) in [6.07, 6.45) is -5.16. The van der Waals surface area contributed by atoms with Crippen LogP contribution in [0, 0.1) is 5.82 Å². The number of nitrogens with zero attached hydrogens (tertiary/aromatic N) is 5. The number of carbonyl (C=O) groups is 3. The number of rotatable bonds is 4. The highest BCUT2D eigenvalue weighted by Gasteiger charge is 2.37. The molecule has 144 valence electrons. The predicted octanol–water partition coefficient (Wildman–Crippen LogP) is 2.56. The summed E-state index contributed by atoms with van der Waals surface area (Å²) >= 11 is 5.69. The van der Waals surface area contributed by atoms with Crippen LogP contribution in [0.2, 0.25) is 5.28 Å². The third kappa shape index (κ3) is 4.14. The van der Waals surface area contributed by atoms with Gasteiger partial charge in [-0.25, -0.2) is 14.4 Å². The second-order valence-corrected chi connectivity index (χ2v) is 5.20. The number of anilines is 2.